The molecule has 0 aromatic heterocycles. The van der Waals surface area contributed by atoms with Crippen molar-refractivity contribution >= 4 is 23.2 Å². The summed E-state index contributed by atoms with van der Waals surface area (Å²) in [5, 5.41) is 4.15. The highest BCUT2D eigenvalue weighted by Crippen LogP contribution is 2.19. The molecule has 1 saturated heterocycles. The van der Waals surface area contributed by atoms with Gasteiger partial charge in [0.2, 0.25) is 11.8 Å². The second-order valence-corrected chi connectivity index (χ2v) is 7.17. The number of anilines is 1. The van der Waals surface area contributed by atoms with Crippen molar-refractivity contribution < 1.29 is 9.59 Å². The summed E-state index contributed by atoms with van der Waals surface area (Å²) in [7, 11) is 0. The zero-order valence-corrected chi connectivity index (χ0v) is 15.8. The zero-order valence-electron chi connectivity index (χ0n) is 15.8. The van der Waals surface area contributed by atoms with Crippen molar-refractivity contribution in [3.8, 4) is 0 Å². The fourth-order valence-corrected chi connectivity index (χ4v) is 3.64. The summed E-state index contributed by atoms with van der Waals surface area (Å²) < 4.78 is 0. The fourth-order valence-electron chi connectivity index (χ4n) is 3.64. The van der Waals surface area contributed by atoms with E-state index in [-0.39, 0.29) is 11.8 Å². The quantitative estimate of drug-likeness (QED) is 0.890. The van der Waals surface area contributed by atoms with Crippen LogP contribution in [0, 0.1) is 0 Å². The third-order valence-electron chi connectivity index (χ3n) is 5.30. The lowest BCUT2D eigenvalue weighted by molar-refractivity contribution is -0.130. The number of rotatable bonds is 4. The van der Waals surface area contributed by atoms with E-state index in [9.17, 15) is 9.59 Å². The Kier molecular flexibility index (Phi) is 5.37. The number of carbonyl (C=O) groups excluding carboxylic acids is 2. The highest BCUT2D eigenvalue weighted by atomic mass is 16.2. The molecule has 2 aromatic rings. The van der Waals surface area contributed by atoms with Crippen molar-refractivity contribution in [2.45, 2.75) is 19.3 Å². The molecule has 0 unspecified atom stereocenters. The van der Waals surface area contributed by atoms with Crippen LogP contribution in [0.2, 0.25) is 0 Å². The molecule has 4 rings (SSSR count). The molecule has 0 spiro atoms. The molecule has 0 radical (unpaired) electrons. The maximum atomic E-state index is 12.5. The molecule has 6 heteroatoms. The first-order valence-electron chi connectivity index (χ1n) is 9.71. The van der Waals surface area contributed by atoms with Crippen LogP contribution < -0.4 is 10.3 Å². The minimum atomic E-state index is -0.0277. The summed E-state index contributed by atoms with van der Waals surface area (Å²) in [6.07, 6.45) is 1.63. The fraction of sp³-hybridized carbons (Fsp3) is 0.318. The van der Waals surface area contributed by atoms with E-state index in [0.29, 0.717) is 19.3 Å². The van der Waals surface area contributed by atoms with E-state index in [1.165, 1.54) is 0 Å². The molecule has 2 aliphatic rings. The Morgan fingerprint density at radius 1 is 0.929 bits per heavy atom. The molecule has 1 N–H and O–H groups in total. The summed E-state index contributed by atoms with van der Waals surface area (Å²) in [5.74, 6) is 0.165. The number of hydrazone groups is 1. The SMILES string of the molecule is O=C1CCC(c2ccc(N3CCN(C(=O)Cc4ccccc4)CC3)cc2)=NN1. The molecule has 0 saturated carbocycles. The van der Waals surface area contributed by atoms with Crippen LogP contribution in [0.25, 0.3) is 0 Å². The van der Waals surface area contributed by atoms with Crippen LogP contribution in [0.15, 0.2) is 59.7 Å². The minimum Gasteiger partial charge on any atom is -0.368 e. The number of hydrogen-bond acceptors (Lipinski definition) is 4. The monoisotopic (exact) mass is 376 g/mol. The predicted octanol–water partition coefficient (Wildman–Crippen LogP) is 2.19. The Balaban J connectivity index is 1.32. The molecular formula is C22H24N4O2. The normalized spacial score (nSPS) is 17.1. The molecule has 0 bridgehead atoms. The first-order valence-corrected chi connectivity index (χ1v) is 9.71. The average Bonchev–Trinajstić information content (AvgIpc) is 2.75. The molecule has 28 heavy (non-hydrogen) atoms. The molecule has 1 fully saturated rings. The van der Waals surface area contributed by atoms with Crippen molar-refractivity contribution in [3.63, 3.8) is 0 Å². The molecule has 0 atom stereocenters. The highest BCUT2D eigenvalue weighted by molar-refractivity contribution is 6.04. The molecule has 2 heterocycles. The topological polar surface area (TPSA) is 65.0 Å². The lowest BCUT2D eigenvalue weighted by Crippen LogP contribution is -2.49. The number of nitrogens with zero attached hydrogens (tertiary/aromatic N) is 3. The second kappa shape index (κ2) is 8.25. The molecule has 2 aliphatic heterocycles. The van der Waals surface area contributed by atoms with Gasteiger partial charge in [-0.3, -0.25) is 9.59 Å². The average molecular weight is 376 g/mol. The van der Waals surface area contributed by atoms with Crippen molar-refractivity contribution in [2.24, 2.45) is 5.10 Å². The van der Waals surface area contributed by atoms with E-state index in [0.717, 1.165) is 48.7 Å². The Morgan fingerprint density at radius 2 is 1.64 bits per heavy atom. The van der Waals surface area contributed by atoms with Crippen LogP contribution in [0.3, 0.4) is 0 Å². The van der Waals surface area contributed by atoms with Gasteiger partial charge in [-0.2, -0.15) is 5.10 Å². The van der Waals surface area contributed by atoms with Crippen molar-refractivity contribution in [1.82, 2.24) is 10.3 Å². The van der Waals surface area contributed by atoms with Crippen LogP contribution in [-0.4, -0.2) is 48.6 Å². The molecule has 2 aromatic carbocycles. The number of benzene rings is 2. The molecule has 0 aliphatic carbocycles. The first-order chi connectivity index (χ1) is 13.7. The first kappa shape index (κ1) is 18.2. The van der Waals surface area contributed by atoms with Gasteiger partial charge in [-0.05, 0) is 23.3 Å². The summed E-state index contributed by atoms with van der Waals surface area (Å²) in [4.78, 5) is 28.0. The standard InChI is InChI=1S/C22H24N4O2/c27-21-11-10-20(23-24-21)18-6-8-19(9-7-18)25-12-14-26(15-13-25)22(28)16-17-4-2-1-3-5-17/h1-9H,10-16H2,(H,24,27). The van der Waals surface area contributed by atoms with Gasteiger partial charge in [0.15, 0.2) is 0 Å². The van der Waals surface area contributed by atoms with Crippen molar-refractivity contribution in [1.29, 1.82) is 0 Å². The van der Waals surface area contributed by atoms with Crippen LogP contribution in [0.1, 0.15) is 24.0 Å². The van der Waals surface area contributed by atoms with Crippen LogP contribution in [0.5, 0.6) is 0 Å². The second-order valence-electron chi connectivity index (χ2n) is 7.17. The summed E-state index contributed by atoms with van der Waals surface area (Å²) in [6.45, 7) is 3.14. The number of hydrogen-bond donors (Lipinski definition) is 1. The zero-order chi connectivity index (χ0) is 19.3. The molecular weight excluding hydrogens is 352 g/mol. The Hall–Kier alpha value is -3.15. The number of piperazine rings is 1. The summed E-state index contributed by atoms with van der Waals surface area (Å²) >= 11 is 0. The van der Waals surface area contributed by atoms with E-state index in [1.807, 2.05) is 35.2 Å². The van der Waals surface area contributed by atoms with Gasteiger partial charge in [0.05, 0.1) is 12.1 Å². The van der Waals surface area contributed by atoms with Crippen LogP contribution in [0.4, 0.5) is 5.69 Å². The molecule has 2 amide bonds. The largest absolute Gasteiger partial charge is 0.368 e. The van der Waals surface area contributed by atoms with Crippen LogP contribution in [-0.2, 0) is 16.0 Å². The van der Waals surface area contributed by atoms with Gasteiger partial charge >= 0.3 is 0 Å². The maximum Gasteiger partial charge on any atom is 0.240 e. The number of amides is 2. The van der Waals surface area contributed by atoms with Gasteiger partial charge in [0.1, 0.15) is 0 Å². The van der Waals surface area contributed by atoms with E-state index in [2.05, 4.69) is 39.7 Å². The number of nitrogens with one attached hydrogen (secondary N) is 1. The van der Waals surface area contributed by atoms with Gasteiger partial charge in [0, 0.05) is 44.7 Å². The van der Waals surface area contributed by atoms with Gasteiger partial charge < -0.3 is 9.80 Å². The van der Waals surface area contributed by atoms with E-state index >= 15 is 0 Å². The van der Waals surface area contributed by atoms with E-state index < -0.39 is 0 Å². The lowest BCUT2D eigenvalue weighted by atomic mass is 10.0. The van der Waals surface area contributed by atoms with Crippen molar-refractivity contribution in [3.05, 3.63) is 65.7 Å². The Morgan fingerprint density at radius 3 is 2.29 bits per heavy atom. The van der Waals surface area contributed by atoms with Gasteiger partial charge in [-0.25, -0.2) is 5.43 Å². The van der Waals surface area contributed by atoms with Crippen molar-refractivity contribution in [2.75, 3.05) is 31.1 Å². The summed E-state index contributed by atoms with van der Waals surface area (Å²) in [5.41, 5.74) is 6.72. The molecule has 6 nitrogen and oxygen atoms in total. The molecule has 144 valence electrons. The third-order valence-corrected chi connectivity index (χ3v) is 5.30. The third kappa shape index (κ3) is 4.22. The predicted molar refractivity (Wildman–Crippen MR) is 109 cm³/mol. The minimum absolute atomic E-state index is 0.0277. The highest BCUT2D eigenvalue weighted by Gasteiger charge is 2.21. The van der Waals surface area contributed by atoms with Gasteiger partial charge in [-0.15, -0.1) is 0 Å². The lowest BCUT2D eigenvalue weighted by Gasteiger charge is -2.36. The Bertz CT molecular complexity index is 869. The van der Waals surface area contributed by atoms with Gasteiger partial charge in [-0.1, -0.05) is 42.5 Å². The maximum absolute atomic E-state index is 12.5. The Labute approximate surface area is 164 Å². The van der Waals surface area contributed by atoms with Gasteiger partial charge in [0.25, 0.3) is 0 Å². The van der Waals surface area contributed by atoms with Crippen LogP contribution >= 0.6 is 0 Å². The van der Waals surface area contributed by atoms with E-state index in [4.69, 9.17) is 0 Å². The van der Waals surface area contributed by atoms with E-state index in [1.54, 1.807) is 0 Å². The number of carbonyl (C=O) groups is 2. The smallest absolute Gasteiger partial charge is 0.240 e. The summed E-state index contributed by atoms with van der Waals surface area (Å²) in [6, 6.07) is 18.2.